The van der Waals surface area contributed by atoms with Gasteiger partial charge in [0.1, 0.15) is 5.69 Å². The fourth-order valence-electron chi connectivity index (χ4n) is 2.77. The van der Waals surface area contributed by atoms with E-state index in [1.165, 1.54) is 0 Å². The molecule has 1 aliphatic heterocycles. The van der Waals surface area contributed by atoms with Gasteiger partial charge in [-0.05, 0) is 12.0 Å². The zero-order chi connectivity index (χ0) is 15.4. The summed E-state index contributed by atoms with van der Waals surface area (Å²) in [5, 5.41) is 8.22. The van der Waals surface area contributed by atoms with Crippen LogP contribution in [0.2, 0.25) is 0 Å². The van der Waals surface area contributed by atoms with Crippen LogP contribution in [0.25, 0.3) is 0 Å². The summed E-state index contributed by atoms with van der Waals surface area (Å²) >= 11 is 0. The molecule has 0 bridgehead atoms. The smallest absolute Gasteiger partial charge is 0.227 e. The lowest BCUT2D eigenvalue weighted by molar-refractivity contribution is -0.129. The summed E-state index contributed by atoms with van der Waals surface area (Å²) in [6.07, 6.45) is 3.27. The molecule has 1 atom stereocenters. The molecule has 2 aromatic rings. The van der Waals surface area contributed by atoms with E-state index in [9.17, 15) is 4.79 Å². The van der Waals surface area contributed by atoms with Gasteiger partial charge in [-0.2, -0.15) is 0 Å². The van der Waals surface area contributed by atoms with Crippen molar-refractivity contribution in [3.05, 3.63) is 47.8 Å². The third-order valence-electron chi connectivity index (χ3n) is 3.94. The normalized spacial score (nSPS) is 17.9. The van der Waals surface area contributed by atoms with Crippen LogP contribution < -0.4 is 0 Å². The van der Waals surface area contributed by atoms with Crippen LogP contribution in [-0.2, 0) is 22.6 Å². The van der Waals surface area contributed by atoms with Gasteiger partial charge in [0.2, 0.25) is 5.91 Å². The molecule has 1 aromatic heterocycles. The number of amides is 1. The molecule has 1 saturated heterocycles. The fraction of sp³-hybridized carbons (Fsp3) is 0.438. The molecule has 22 heavy (non-hydrogen) atoms. The van der Waals surface area contributed by atoms with Gasteiger partial charge in [0, 0.05) is 20.2 Å². The average molecular weight is 300 g/mol. The summed E-state index contributed by atoms with van der Waals surface area (Å²) < 4.78 is 6.90. The monoisotopic (exact) mass is 300 g/mol. The van der Waals surface area contributed by atoms with Gasteiger partial charge in [-0.1, -0.05) is 35.5 Å². The maximum Gasteiger partial charge on any atom is 0.227 e. The van der Waals surface area contributed by atoms with E-state index in [1.54, 1.807) is 7.11 Å². The molecule has 6 nitrogen and oxygen atoms in total. The summed E-state index contributed by atoms with van der Waals surface area (Å²) in [7, 11) is 1.64. The Morgan fingerprint density at radius 1 is 1.36 bits per heavy atom. The Hall–Kier alpha value is -2.21. The molecule has 0 spiro atoms. The topological polar surface area (TPSA) is 60.2 Å². The number of ether oxygens (including phenoxy) is 1. The van der Waals surface area contributed by atoms with Crippen LogP contribution >= 0.6 is 0 Å². The third-order valence-corrected chi connectivity index (χ3v) is 3.94. The van der Waals surface area contributed by atoms with Crippen LogP contribution in [0.4, 0.5) is 0 Å². The average Bonchev–Trinajstić information content (AvgIpc) is 3.17. The number of rotatable bonds is 5. The van der Waals surface area contributed by atoms with Crippen molar-refractivity contribution in [1.82, 2.24) is 19.9 Å². The Labute approximate surface area is 129 Å². The van der Waals surface area contributed by atoms with Gasteiger partial charge in [0.05, 0.1) is 25.3 Å². The number of nitrogens with zero attached hydrogens (tertiary/aromatic N) is 4. The van der Waals surface area contributed by atoms with E-state index < -0.39 is 0 Å². The molecular formula is C16H20N4O2. The first kappa shape index (κ1) is 14.7. The Morgan fingerprint density at radius 3 is 2.95 bits per heavy atom. The molecule has 0 saturated carbocycles. The highest BCUT2D eigenvalue weighted by Crippen LogP contribution is 2.21. The molecule has 1 amide bonds. The molecule has 116 valence electrons. The predicted molar refractivity (Wildman–Crippen MR) is 81.1 cm³/mol. The number of carbonyl (C=O) groups excluding carboxylic acids is 1. The van der Waals surface area contributed by atoms with Crippen molar-refractivity contribution < 1.29 is 9.53 Å². The van der Waals surface area contributed by atoms with Crippen molar-refractivity contribution in [3.63, 3.8) is 0 Å². The zero-order valence-electron chi connectivity index (χ0n) is 12.7. The number of methoxy groups -OCH3 is 1. The summed E-state index contributed by atoms with van der Waals surface area (Å²) in [5.41, 5.74) is 1.87. The number of benzene rings is 1. The molecule has 1 aliphatic rings. The first-order chi connectivity index (χ1) is 10.8. The van der Waals surface area contributed by atoms with Gasteiger partial charge in [0.25, 0.3) is 0 Å². The number of likely N-dealkylation sites (tertiary alicyclic amines) is 1. The van der Waals surface area contributed by atoms with E-state index in [0.29, 0.717) is 19.6 Å². The highest BCUT2D eigenvalue weighted by Gasteiger charge is 2.28. The lowest BCUT2D eigenvalue weighted by atomic mass is 10.1. The van der Waals surface area contributed by atoms with Crippen molar-refractivity contribution in [2.24, 2.45) is 0 Å². The second kappa shape index (κ2) is 6.70. The lowest BCUT2D eigenvalue weighted by Crippen LogP contribution is -2.30. The molecule has 0 radical (unpaired) electrons. The summed E-state index contributed by atoms with van der Waals surface area (Å²) in [6, 6.07) is 10.1. The van der Waals surface area contributed by atoms with Gasteiger partial charge in [-0.25, -0.2) is 4.68 Å². The minimum Gasteiger partial charge on any atom is -0.378 e. The molecule has 0 aliphatic carbocycles. The van der Waals surface area contributed by atoms with Gasteiger partial charge in [-0.3, -0.25) is 4.79 Å². The van der Waals surface area contributed by atoms with Crippen molar-refractivity contribution in [2.45, 2.75) is 25.5 Å². The van der Waals surface area contributed by atoms with Crippen molar-refractivity contribution in [3.8, 4) is 0 Å². The van der Waals surface area contributed by atoms with Gasteiger partial charge < -0.3 is 9.64 Å². The Morgan fingerprint density at radius 2 is 2.18 bits per heavy atom. The molecule has 1 aromatic carbocycles. The Kier molecular flexibility index (Phi) is 4.48. The standard InChI is InChI=1S/C16H20N4O2/c1-22-12-14-10-20(18-17-14)15-7-8-19(11-15)16(21)9-13-5-3-2-4-6-13/h2-6,10,15H,7-9,11-12H2,1H3. The van der Waals surface area contributed by atoms with Crippen molar-refractivity contribution >= 4 is 5.91 Å². The molecule has 2 heterocycles. The summed E-state index contributed by atoms with van der Waals surface area (Å²) in [5.74, 6) is 0.172. The Balaban J connectivity index is 1.58. The minimum atomic E-state index is 0.172. The first-order valence-corrected chi connectivity index (χ1v) is 7.47. The predicted octanol–water partition coefficient (Wildman–Crippen LogP) is 1.44. The highest BCUT2D eigenvalue weighted by atomic mass is 16.5. The highest BCUT2D eigenvalue weighted by molar-refractivity contribution is 5.79. The minimum absolute atomic E-state index is 0.172. The van der Waals surface area contributed by atoms with Gasteiger partial charge >= 0.3 is 0 Å². The maximum absolute atomic E-state index is 12.4. The lowest BCUT2D eigenvalue weighted by Gasteiger charge is -2.16. The quantitative estimate of drug-likeness (QED) is 0.838. The van der Waals surface area contributed by atoms with E-state index in [2.05, 4.69) is 10.3 Å². The molecule has 3 rings (SSSR count). The van der Waals surface area contributed by atoms with Gasteiger partial charge in [-0.15, -0.1) is 5.10 Å². The van der Waals surface area contributed by atoms with Crippen LogP contribution in [0.15, 0.2) is 36.5 Å². The number of hydrogen-bond acceptors (Lipinski definition) is 4. The molecule has 1 fully saturated rings. The third kappa shape index (κ3) is 3.33. The molecule has 6 heteroatoms. The van der Waals surface area contributed by atoms with Crippen molar-refractivity contribution in [1.29, 1.82) is 0 Å². The zero-order valence-corrected chi connectivity index (χ0v) is 12.7. The summed E-state index contributed by atoms with van der Waals surface area (Å²) in [6.45, 7) is 1.93. The fourth-order valence-corrected chi connectivity index (χ4v) is 2.77. The molecular weight excluding hydrogens is 280 g/mol. The second-order valence-corrected chi connectivity index (χ2v) is 5.57. The van der Waals surface area contributed by atoms with Crippen LogP contribution in [-0.4, -0.2) is 46.0 Å². The van der Waals surface area contributed by atoms with E-state index in [-0.39, 0.29) is 11.9 Å². The number of carbonyl (C=O) groups is 1. The largest absolute Gasteiger partial charge is 0.378 e. The van der Waals surface area contributed by atoms with E-state index in [4.69, 9.17) is 4.74 Å². The molecule has 1 unspecified atom stereocenters. The van der Waals surface area contributed by atoms with Crippen LogP contribution in [0, 0.1) is 0 Å². The van der Waals surface area contributed by atoms with E-state index in [1.807, 2.05) is 46.1 Å². The van der Waals surface area contributed by atoms with Crippen LogP contribution in [0.5, 0.6) is 0 Å². The molecule has 0 N–H and O–H groups in total. The van der Waals surface area contributed by atoms with Crippen LogP contribution in [0.1, 0.15) is 23.7 Å². The number of aromatic nitrogens is 3. The van der Waals surface area contributed by atoms with Crippen molar-refractivity contribution in [2.75, 3.05) is 20.2 Å². The van der Waals surface area contributed by atoms with E-state index >= 15 is 0 Å². The SMILES string of the molecule is COCc1cn(C2CCN(C(=O)Cc3ccccc3)C2)nn1. The van der Waals surface area contributed by atoms with Gasteiger partial charge in [0.15, 0.2) is 0 Å². The second-order valence-electron chi connectivity index (χ2n) is 5.57. The van der Waals surface area contributed by atoms with Crippen LogP contribution in [0.3, 0.4) is 0 Å². The summed E-state index contributed by atoms with van der Waals surface area (Å²) in [4.78, 5) is 14.3. The van der Waals surface area contributed by atoms with E-state index in [0.717, 1.165) is 24.2 Å². The Bertz CT molecular complexity index is 626. The first-order valence-electron chi connectivity index (χ1n) is 7.47. The maximum atomic E-state index is 12.4. The number of hydrogen-bond donors (Lipinski definition) is 0.